The molecule has 1 fully saturated rings. The number of ether oxygens (including phenoxy) is 3. The fourth-order valence-electron chi connectivity index (χ4n) is 3.53. The summed E-state index contributed by atoms with van der Waals surface area (Å²) in [7, 11) is 6.74. The number of nitrogens with one attached hydrogen (secondary N) is 1. The molecule has 9 nitrogen and oxygen atoms in total. The van der Waals surface area contributed by atoms with Crippen molar-refractivity contribution in [3.8, 4) is 17.2 Å². The quantitative estimate of drug-likeness (QED) is 0.538. The molecule has 0 bridgehead atoms. The Morgan fingerprint density at radius 3 is 2.17 bits per heavy atom. The maximum absolute atomic E-state index is 5.54. The van der Waals surface area contributed by atoms with E-state index in [9.17, 15) is 0 Å². The van der Waals surface area contributed by atoms with Gasteiger partial charge in [-0.05, 0) is 12.5 Å². The molecule has 30 heavy (non-hydrogen) atoms. The molecule has 3 rings (SSSR count). The SMILES string of the molecule is CN=C(NCCc1c(OC)cc(OC)cc1OC)N1CCN(c2ncccn2)CC1. The Kier molecular flexibility index (Phi) is 7.53. The zero-order chi connectivity index (χ0) is 21.3. The molecule has 0 aliphatic carbocycles. The van der Waals surface area contributed by atoms with Crippen molar-refractivity contribution in [2.75, 3.05) is 66.0 Å². The smallest absolute Gasteiger partial charge is 0.225 e. The molecule has 2 heterocycles. The summed E-state index contributed by atoms with van der Waals surface area (Å²) in [4.78, 5) is 17.6. The Balaban J connectivity index is 1.57. The van der Waals surface area contributed by atoms with Crippen LogP contribution in [0.1, 0.15) is 5.56 Å². The molecule has 1 aliphatic heterocycles. The van der Waals surface area contributed by atoms with E-state index in [1.807, 2.05) is 25.2 Å². The Labute approximate surface area is 177 Å². The van der Waals surface area contributed by atoms with Crippen molar-refractivity contribution >= 4 is 11.9 Å². The molecule has 1 saturated heterocycles. The molecule has 0 spiro atoms. The molecule has 1 N–H and O–H groups in total. The van der Waals surface area contributed by atoms with E-state index in [2.05, 4.69) is 30.1 Å². The molecule has 0 atom stereocenters. The lowest BCUT2D eigenvalue weighted by molar-refractivity contribution is 0.365. The van der Waals surface area contributed by atoms with Crippen LogP contribution in [0.3, 0.4) is 0 Å². The van der Waals surface area contributed by atoms with Crippen LogP contribution in [0.4, 0.5) is 5.95 Å². The number of nitrogens with zero attached hydrogens (tertiary/aromatic N) is 5. The highest BCUT2D eigenvalue weighted by atomic mass is 16.5. The highest BCUT2D eigenvalue weighted by molar-refractivity contribution is 5.80. The lowest BCUT2D eigenvalue weighted by Gasteiger charge is -2.36. The summed E-state index contributed by atoms with van der Waals surface area (Å²) in [5, 5.41) is 3.46. The maximum Gasteiger partial charge on any atom is 0.225 e. The maximum atomic E-state index is 5.54. The Morgan fingerprint density at radius 1 is 1.00 bits per heavy atom. The van der Waals surface area contributed by atoms with Gasteiger partial charge >= 0.3 is 0 Å². The van der Waals surface area contributed by atoms with Gasteiger partial charge in [0.25, 0.3) is 0 Å². The fraction of sp³-hybridized carbons (Fsp3) is 0.476. The number of aromatic nitrogens is 2. The molecule has 9 heteroatoms. The average molecular weight is 415 g/mol. The van der Waals surface area contributed by atoms with Crippen molar-refractivity contribution < 1.29 is 14.2 Å². The summed E-state index contributed by atoms with van der Waals surface area (Å²) in [5.74, 6) is 3.87. The number of anilines is 1. The van der Waals surface area contributed by atoms with E-state index in [1.165, 1.54) is 0 Å². The summed E-state index contributed by atoms with van der Waals surface area (Å²) in [6.07, 6.45) is 4.28. The third-order valence-corrected chi connectivity index (χ3v) is 5.10. The van der Waals surface area contributed by atoms with Crippen LogP contribution >= 0.6 is 0 Å². The van der Waals surface area contributed by atoms with Crippen LogP contribution in [0, 0.1) is 0 Å². The fourth-order valence-corrected chi connectivity index (χ4v) is 3.53. The number of benzene rings is 1. The summed E-state index contributed by atoms with van der Waals surface area (Å²) in [6, 6.07) is 5.58. The van der Waals surface area contributed by atoms with Crippen molar-refractivity contribution in [1.82, 2.24) is 20.2 Å². The van der Waals surface area contributed by atoms with E-state index in [0.29, 0.717) is 12.3 Å². The molecule has 2 aromatic rings. The van der Waals surface area contributed by atoms with Crippen LogP contribution in [-0.4, -0.2) is 81.9 Å². The second-order valence-electron chi connectivity index (χ2n) is 6.76. The van der Waals surface area contributed by atoms with E-state index >= 15 is 0 Å². The standard InChI is InChI=1S/C21H30N6O3/c1-22-20(26-10-12-27(13-11-26)21-23-7-5-8-24-21)25-9-6-17-18(29-3)14-16(28-2)15-19(17)30-4/h5,7-8,14-15H,6,9-13H2,1-4H3,(H,22,25). The third-order valence-electron chi connectivity index (χ3n) is 5.10. The van der Waals surface area contributed by atoms with E-state index in [1.54, 1.807) is 33.7 Å². The number of hydrogen-bond acceptors (Lipinski definition) is 7. The van der Waals surface area contributed by atoms with Gasteiger partial charge in [-0.2, -0.15) is 0 Å². The molecular formula is C21H30N6O3. The molecule has 0 radical (unpaired) electrons. The van der Waals surface area contributed by atoms with Crippen molar-refractivity contribution in [2.24, 2.45) is 4.99 Å². The number of guanidine groups is 1. The minimum atomic E-state index is 0.702. The predicted molar refractivity (Wildman–Crippen MR) is 117 cm³/mol. The van der Waals surface area contributed by atoms with Crippen molar-refractivity contribution in [1.29, 1.82) is 0 Å². The van der Waals surface area contributed by atoms with Crippen LogP contribution < -0.4 is 24.4 Å². The summed E-state index contributed by atoms with van der Waals surface area (Å²) >= 11 is 0. The number of rotatable bonds is 7. The number of piperazine rings is 1. The number of aliphatic imine (C=N–C) groups is 1. The minimum absolute atomic E-state index is 0.702. The highest BCUT2D eigenvalue weighted by Gasteiger charge is 2.21. The molecule has 162 valence electrons. The average Bonchev–Trinajstić information content (AvgIpc) is 2.82. The van der Waals surface area contributed by atoms with E-state index in [4.69, 9.17) is 14.2 Å². The molecule has 1 aromatic heterocycles. The normalized spacial score (nSPS) is 14.5. The molecule has 1 aliphatic rings. The first-order valence-electron chi connectivity index (χ1n) is 9.96. The first kappa shape index (κ1) is 21.5. The number of hydrogen-bond donors (Lipinski definition) is 1. The Bertz CT molecular complexity index is 813. The van der Waals surface area contributed by atoms with Crippen molar-refractivity contribution in [2.45, 2.75) is 6.42 Å². The number of methoxy groups -OCH3 is 3. The van der Waals surface area contributed by atoms with Gasteiger partial charge in [-0.3, -0.25) is 4.99 Å². The van der Waals surface area contributed by atoms with Gasteiger partial charge < -0.3 is 29.3 Å². The second kappa shape index (κ2) is 10.5. The van der Waals surface area contributed by atoms with E-state index < -0.39 is 0 Å². The molecule has 0 unspecified atom stereocenters. The topological polar surface area (TPSA) is 84.3 Å². The van der Waals surface area contributed by atoms with Gasteiger partial charge in [0, 0.05) is 69.9 Å². The summed E-state index contributed by atoms with van der Waals surface area (Å²) in [6.45, 7) is 4.11. The van der Waals surface area contributed by atoms with Crippen molar-refractivity contribution in [3.05, 3.63) is 36.2 Å². The van der Waals surface area contributed by atoms with Gasteiger partial charge in [0.1, 0.15) is 17.2 Å². The first-order valence-corrected chi connectivity index (χ1v) is 9.96. The zero-order valence-electron chi connectivity index (χ0n) is 18.1. The van der Waals surface area contributed by atoms with Gasteiger partial charge in [0.2, 0.25) is 5.95 Å². The van der Waals surface area contributed by atoms with Crippen LogP contribution in [0.15, 0.2) is 35.6 Å². The highest BCUT2D eigenvalue weighted by Crippen LogP contribution is 2.34. The largest absolute Gasteiger partial charge is 0.496 e. The summed E-state index contributed by atoms with van der Waals surface area (Å²) in [5.41, 5.74) is 0.995. The molecule has 1 aromatic carbocycles. The van der Waals surface area contributed by atoms with Gasteiger partial charge in [-0.15, -0.1) is 0 Å². The van der Waals surface area contributed by atoms with Crippen LogP contribution in [-0.2, 0) is 6.42 Å². The van der Waals surface area contributed by atoms with Gasteiger partial charge in [0.15, 0.2) is 5.96 Å². The summed E-state index contributed by atoms with van der Waals surface area (Å²) < 4.78 is 16.4. The third kappa shape index (κ3) is 5.03. The minimum Gasteiger partial charge on any atom is -0.496 e. The second-order valence-corrected chi connectivity index (χ2v) is 6.76. The van der Waals surface area contributed by atoms with E-state index in [-0.39, 0.29) is 0 Å². The molecular weight excluding hydrogens is 384 g/mol. The van der Waals surface area contributed by atoms with Crippen molar-refractivity contribution in [3.63, 3.8) is 0 Å². The Morgan fingerprint density at radius 2 is 1.63 bits per heavy atom. The zero-order valence-corrected chi connectivity index (χ0v) is 18.1. The van der Waals surface area contributed by atoms with Gasteiger partial charge in [-0.25, -0.2) is 9.97 Å². The van der Waals surface area contributed by atoms with E-state index in [0.717, 1.165) is 61.6 Å². The lowest BCUT2D eigenvalue weighted by Crippen LogP contribution is -2.53. The van der Waals surface area contributed by atoms with Gasteiger partial charge in [-0.1, -0.05) is 0 Å². The van der Waals surface area contributed by atoms with Crippen LogP contribution in [0.5, 0.6) is 17.2 Å². The molecule has 0 amide bonds. The molecule has 0 saturated carbocycles. The monoisotopic (exact) mass is 414 g/mol. The van der Waals surface area contributed by atoms with Gasteiger partial charge in [0.05, 0.1) is 21.3 Å². The van der Waals surface area contributed by atoms with Crippen LogP contribution in [0.2, 0.25) is 0 Å². The lowest BCUT2D eigenvalue weighted by atomic mass is 10.1. The predicted octanol–water partition coefficient (Wildman–Crippen LogP) is 1.44. The Hall–Kier alpha value is -3.23. The first-order chi connectivity index (χ1) is 14.7. The van der Waals surface area contributed by atoms with Crippen LogP contribution in [0.25, 0.3) is 0 Å².